The number of benzene rings is 1. The summed E-state index contributed by atoms with van der Waals surface area (Å²) in [5.41, 5.74) is 0.916. The van der Waals surface area contributed by atoms with Crippen LogP contribution < -0.4 is 9.47 Å². The van der Waals surface area contributed by atoms with Crippen LogP contribution >= 0.6 is 0 Å². The van der Waals surface area contributed by atoms with Gasteiger partial charge in [-0.1, -0.05) is 6.42 Å². The van der Waals surface area contributed by atoms with Crippen LogP contribution in [0.5, 0.6) is 11.8 Å². The highest BCUT2D eigenvalue weighted by Gasteiger charge is 2.22. The molecule has 0 saturated heterocycles. The van der Waals surface area contributed by atoms with E-state index in [0.717, 1.165) is 42.0 Å². The summed E-state index contributed by atoms with van der Waals surface area (Å²) in [6, 6.07) is 6.50. The predicted octanol–water partition coefficient (Wildman–Crippen LogP) is 4.13. The minimum atomic E-state index is 0.285. The fraction of sp³-hybridized carbons (Fsp3) is 0.556. The molecule has 2 aromatic rings. The third kappa shape index (κ3) is 3.32. The van der Waals surface area contributed by atoms with Crippen molar-refractivity contribution in [2.45, 2.75) is 51.0 Å². The Labute approximate surface area is 130 Å². The molecule has 4 heteroatoms. The minimum Gasteiger partial charge on any atom is -0.493 e. The maximum atomic E-state index is 5.93. The van der Waals surface area contributed by atoms with E-state index < -0.39 is 0 Å². The van der Waals surface area contributed by atoms with Crippen molar-refractivity contribution in [1.29, 1.82) is 0 Å². The third-order valence-corrected chi connectivity index (χ3v) is 4.54. The first-order chi connectivity index (χ1) is 10.9. The molecule has 0 bridgehead atoms. The zero-order valence-electron chi connectivity index (χ0n) is 12.8. The normalized spacial score (nSPS) is 19.3. The number of hydrogen-bond acceptors (Lipinski definition) is 4. The van der Waals surface area contributed by atoms with Crippen LogP contribution in [0.1, 0.15) is 44.9 Å². The largest absolute Gasteiger partial charge is 0.493 e. The van der Waals surface area contributed by atoms with E-state index in [2.05, 4.69) is 9.97 Å². The molecule has 4 rings (SSSR count). The molecule has 0 atom stereocenters. The van der Waals surface area contributed by atoms with E-state index in [1.807, 2.05) is 24.4 Å². The molecule has 2 aliphatic rings. The van der Waals surface area contributed by atoms with Gasteiger partial charge in [0.05, 0.1) is 12.1 Å². The fourth-order valence-electron chi connectivity index (χ4n) is 2.97. The van der Waals surface area contributed by atoms with Gasteiger partial charge in [-0.2, -0.15) is 4.98 Å². The second kappa shape index (κ2) is 6.11. The highest BCUT2D eigenvalue weighted by atomic mass is 16.5. The van der Waals surface area contributed by atoms with Crippen LogP contribution in [0.2, 0.25) is 0 Å². The van der Waals surface area contributed by atoms with Gasteiger partial charge in [-0.25, -0.2) is 4.98 Å². The summed E-state index contributed by atoms with van der Waals surface area (Å²) in [7, 11) is 0. The zero-order chi connectivity index (χ0) is 14.8. The van der Waals surface area contributed by atoms with Crippen molar-refractivity contribution in [2.75, 3.05) is 6.61 Å². The first-order valence-electron chi connectivity index (χ1n) is 8.43. The minimum absolute atomic E-state index is 0.285. The molecule has 2 aliphatic carbocycles. The molecule has 2 saturated carbocycles. The Kier molecular flexibility index (Phi) is 3.83. The van der Waals surface area contributed by atoms with E-state index in [1.54, 1.807) is 0 Å². The van der Waals surface area contributed by atoms with Crippen molar-refractivity contribution in [3.63, 3.8) is 0 Å². The molecule has 1 aromatic heterocycles. The van der Waals surface area contributed by atoms with Crippen LogP contribution in [0.15, 0.2) is 24.4 Å². The number of fused-ring (bicyclic) bond motifs is 1. The van der Waals surface area contributed by atoms with Crippen molar-refractivity contribution in [3.8, 4) is 11.8 Å². The summed E-state index contributed by atoms with van der Waals surface area (Å²) in [5.74, 6) is 1.67. The number of rotatable bonds is 5. The van der Waals surface area contributed by atoms with Gasteiger partial charge in [0.25, 0.3) is 0 Å². The van der Waals surface area contributed by atoms with Crippen LogP contribution in [0.25, 0.3) is 10.9 Å². The summed E-state index contributed by atoms with van der Waals surface area (Å²) in [4.78, 5) is 8.89. The van der Waals surface area contributed by atoms with Crippen molar-refractivity contribution < 1.29 is 9.47 Å². The predicted molar refractivity (Wildman–Crippen MR) is 85.3 cm³/mol. The number of ether oxygens (including phenoxy) is 2. The van der Waals surface area contributed by atoms with E-state index in [-0.39, 0.29) is 6.10 Å². The molecule has 1 aromatic carbocycles. The zero-order valence-corrected chi connectivity index (χ0v) is 12.8. The maximum Gasteiger partial charge on any atom is 0.317 e. The van der Waals surface area contributed by atoms with Gasteiger partial charge in [-0.05, 0) is 62.6 Å². The van der Waals surface area contributed by atoms with Crippen molar-refractivity contribution in [1.82, 2.24) is 9.97 Å². The molecule has 116 valence electrons. The Bertz CT molecular complexity index is 649. The second-order valence-corrected chi connectivity index (χ2v) is 6.51. The van der Waals surface area contributed by atoms with Gasteiger partial charge in [-0.3, -0.25) is 0 Å². The SMILES string of the molecule is c1cc2nc(OC3CCCCC3)ncc2cc1OCC1CC1. The molecular formula is C18H22N2O2. The van der Waals surface area contributed by atoms with E-state index >= 15 is 0 Å². The first-order valence-corrected chi connectivity index (χ1v) is 8.43. The van der Waals surface area contributed by atoms with Crippen LogP contribution in [-0.2, 0) is 0 Å². The monoisotopic (exact) mass is 298 g/mol. The number of aromatic nitrogens is 2. The Morgan fingerprint density at radius 1 is 1.05 bits per heavy atom. The molecule has 22 heavy (non-hydrogen) atoms. The van der Waals surface area contributed by atoms with Gasteiger partial charge in [0.1, 0.15) is 11.9 Å². The first kappa shape index (κ1) is 13.8. The van der Waals surface area contributed by atoms with Crippen LogP contribution in [0, 0.1) is 5.92 Å². The summed E-state index contributed by atoms with van der Waals surface area (Å²) in [6.45, 7) is 0.829. The Balaban J connectivity index is 1.46. The molecule has 0 spiro atoms. The van der Waals surface area contributed by atoms with Gasteiger partial charge in [0, 0.05) is 11.6 Å². The lowest BCUT2D eigenvalue weighted by Crippen LogP contribution is -2.20. The maximum absolute atomic E-state index is 5.93. The summed E-state index contributed by atoms with van der Waals surface area (Å²) < 4.78 is 11.7. The molecule has 0 unspecified atom stereocenters. The lowest BCUT2D eigenvalue weighted by Gasteiger charge is -2.21. The van der Waals surface area contributed by atoms with Gasteiger partial charge in [0.15, 0.2) is 0 Å². The van der Waals surface area contributed by atoms with Gasteiger partial charge < -0.3 is 9.47 Å². The van der Waals surface area contributed by atoms with E-state index in [0.29, 0.717) is 6.01 Å². The molecule has 1 heterocycles. The number of nitrogens with zero attached hydrogens (tertiary/aromatic N) is 2. The molecule has 4 nitrogen and oxygen atoms in total. The van der Waals surface area contributed by atoms with Crippen LogP contribution in [0.4, 0.5) is 0 Å². The highest BCUT2D eigenvalue weighted by Crippen LogP contribution is 2.30. The average Bonchev–Trinajstić information content (AvgIpc) is 3.38. The number of hydrogen-bond donors (Lipinski definition) is 0. The highest BCUT2D eigenvalue weighted by molar-refractivity contribution is 5.79. The third-order valence-electron chi connectivity index (χ3n) is 4.54. The van der Waals surface area contributed by atoms with E-state index in [4.69, 9.17) is 9.47 Å². The van der Waals surface area contributed by atoms with Gasteiger partial charge in [-0.15, -0.1) is 0 Å². The van der Waals surface area contributed by atoms with Crippen molar-refractivity contribution in [3.05, 3.63) is 24.4 Å². The molecule has 0 N–H and O–H groups in total. The van der Waals surface area contributed by atoms with Gasteiger partial charge >= 0.3 is 6.01 Å². The quantitative estimate of drug-likeness (QED) is 0.832. The van der Waals surface area contributed by atoms with Crippen molar-refractivity contribution in [2.24, 2.45) is 5.92 Å². The summed E-state index contributed by atoms with van der Waals surface area (Å²) in [5, 5.41) is 1.00. The standard InChI is InChI=1S/C18H22N2O2/c1-2-4-15(5-3-1)22-18-19-11-14-10-16(8-9-17(14)20-18)21-12-13-6-7-13/h8-11,13,15H,1-7,12H2. The summed E-state index contributed by atoms with van der Waals surface area (Å²) in [6.07, 6.45) is 10.8. The smallest absolute Gasteiger partial charge is 0.317 e. The molecule has 0 aliphatic heterocycles. The van der Waals surface area contributed by atoms with Gasteiger partial charge in [0.2, 0.25) is 0 Å². The average molecular weight is 298 g/mol. The molecule has 2 fully saturated rings. The van der Waals surface area contributed by atoms with Crippen LogP contribution in [0.3, 0.4) is 0 Å². The van der Waals surface area contributed by atoms with Crippen LogP contribution in [-0.4, -0.2) is 22.7 Å². The Morgan fingerprint density at radius 2 is 1.91 bits per heavy atom. The topological polar surface area (TPSA) is 44.2 Å². The molecule has 0 radical (unpaired) electrons. The molecule has 0 amide bonds. The molecular weight excluding hydrogens is 276 g/mol. The van der Waals surface area contributed by atoms with E-state index in [1.165, 1.54) is 32.1 Å². The fourth-order valence-corrected chi connectivity index (χ4v) is 2.97. The summed E-state index contributed by atoms with van der Waals surface area (Å²) >= 11 is 0. The van der Waals surface area contributed by atoms with E-state index in [9.17, 15) is 0 Å². The lowest BCUT2D eigenvalue weighted by atomic mass is 9.98. The Hall–Kier alpha value is -1.84. The second-order valence-electron chi connectivity index (χ2n) is 6.51. The van der Waals surface area contributed by atoms with Crippen molar-refractivity contribution >= 4 is 10.9 Å². The lowest BCUT2D eigenvalue weighted by molar-refractivity contribution is 0.142. The Morgan fingerprint density at radius 3 is 2.73 bits per heavy atom.